The molecule has 0 aliphatic heterocycles. The van der Waals surface area contributed by atoms with E-state index in [0.29, 0.717) is 18.5 Å². The number of benzene rings is 1. The number of aliphatic hydroxyl groups excluding tert-OH is 1. The molecule has 0 atom stereocenters. The lowest BCUT2D eigenvalue weighted by Crippen LogP contribution is -2.43. The molecule has 1 aromatic carbocycles. The zero-order chi connectivity index (χ0) is 15.5. The van der Waals surface area contributed by atoms with Gasteiger partial charge in [0.25, 0.3) is 0 Å². The van der Waals surface area contributed by atoms with Crippen molar-refractivity contribution in [2.45, 2.75) is 31.4 Å². The van der Waals surface area contributed by atoms with Crippen LogP contribution in [0.2, 0.25) is 5.02 Å². The number of halogens is 2. The Morgan fingerprint density at radius 2 is 2.10 bits per heavy atom. The van der Waals surface area contributed by atoms with E-state index >= 15 is 0 Å². The van der Waals surface area contributed by atoms with Gasteiger partial charge in [-0.05, 0) is 42.4 Å². The van der Waals surface area contributed by atoms with Crippen molar-refractivity contribution in [3.63, 3.8) is 0 Å². The van der Waals surface area contributed by atoms with Crippen LogP contribution in [0.3, 0.4) is 0 Å². The van der Waals surface area contributed by atoms with Crippen molar-refractivity contribution >= 4 is 21.6 Å². The largest absolute Gasteiger partial charge is 0.396 e. The fourth-order valence-corrected chi connectivity index (χ4v) is 4.04. The van der Waals surface area contributed by atoms with Gasteiger partial charge in [-0.2, -0.15) is 0 Å². The molecular weight excluding hydrogens is 317 g/mol. The number of aliphatic hydroxyl groups is 1. The summed E-state index contributed by atoms with van der Waals surface area (Å²) in [6, 6.07) is 3.89. The van der Waals surface area contributed by atoms with Gasteiger partial charge in [-0.3, -0.25) is 0 Å². The highest BCUT2D eigenvalue weighted by atomic mass is 35.5. The summed E-state index contributed by atoms with van der Waals surface area (Å²) in [4.78, 5) is 0. The van der Waals surface area contributed by atoms with Crippen molar-refractivity contribution in [2.24, 2.45) is 5.41 Å². The lowest BCUT2D eigenvalue weighted by Gasteiger charge is -2.41. The molecule has 2 rings (SSSR count). The third-order valence-corrected chi connectivity index (χ3v) is 5.65. The van der Waals surface area contributed by atoms with Crippen LogP contribution in [0.25, 0.3) is 0 Å². The van der Waals surface area contributed by atoms with E-state index in [0.717, 1.165) is 25.3 Å². The van der Waals surface area contributed by atoms with Crippen molar-refractivity contribution in [3.05, 3.63) is 34.6 Å². The normalized spacial score (nSPS) is 17.5. The molecule has 0 amide bonds. The molecule has 21 heavy (non-hydrogen) atoms. The van der Waals surface area contributed by atoms with Crippen molar-refractivity contribution < 1.29 is 17.9 Å². The van der Waals surface area contributed by atoms with Gasteiger partial charge in [0.15, 0.2) is 0 Å². The number of sulfonamides is 1. The van der Waals surface area contributed by atoms with Crippen LogP contribution >= 0.6 is 11.6 Å². The third-order valence-electron chi connectivity index (χ3n) is 4.06. The van der Waals surface area contributed by atoms with Gasteiger partial charge in [-0.15, -0.1) is 0 Å². The van der Waals surface area contributed by atoms with E-state index in [4.69, 9.17) is 16.7 Å². The maximum absolute atomic E-state index is 13.1. The van der Waals surface area contributed by atoms with Crippen LogP contribution in [-0.4, -0.2) is 26.7 Å². The van der Waals surface area contributed by atoms with Crippen LogP contribution in [0.4, 0.5) is 4.39 Å². The number of hydrogen-bond donors (Lipinski definition) is 2. The maximum atomic E-state index is 13.1. The van der Waals surface area contributed by atoms with E-state index in [2.05, 4.69) is 4.72 Å². The molecule has 0 radical (unpaired) electrons. The highest BCUT2D eigenvalue weighted by Crippen LogP contribution is 2.43. The second kappa shape index (κ2) is 6.60. The van der Waals surface area contributed by atoms with E-state index in [1.165, 1.54) is 12.1 Å². The Hall–Kier alpha value is -0.690. The first kappa shape index (κ1) is 16.7. The molecule has 0 aromatic heterocycles. The highest BCUT2D eigenvalue weighted by Gasteiger charge is 2.37. The minimum atomic E-state index is -3.50. The Balaban J connectivity index is 1.97. The summed E-state index contributed by atoms with van der Waals surface area (Å²) in [5, 5.41) is 8.98. The van der Waals surface area contributed by atoms with E-state index in [-0.39, 0.29) is 22.8 Å². The van der Waals surface area contributed by atoms with Gasteiger partial charge in [-0.1, -0.05) is 24.1 Å². The second-order valence-corrected chi connectivity index (χ2v) is 7.87. The van der Waals surface area contributed by atoms with Crippen molar-refractivity contribution in [2.75, 3.05) is 13.2 Å². The zero-order valence-corrected chi connectivity index (χ0v) is 13.2. The lowest BCUT2D eigenvalue weighted by atomic mass is 9.67. The van der Waals surface area contributed by atoms with E-state index in [9.17, 15) is 12.8 Å². The quantitative estimate of drug-likeness (QED) is 0.804. The number of hydrogen-bond acceptors (Lipinski definition) is 3. The minimum Gasteiger partial charge on any atom is -0.396 e. The lowest BCUT2D eigenvalue weighted by molar-refractivity contribution is 0.0925. The van der Waals surface area contributed by atoms with Crippen LogP contribution in [0.1, 0.15) is 31.2 Å². The van der Waals surface area contributed by atoms with E-state index < -0.39 is 15.8 Å². The van der Waals surface area contributed by atoms with Gasteiger partial charge in [-0.25, -0.2) is 17.5 Å². The Morgan fingerprint density at radius 1 is 1.38 bits per heavy atom. The van der Waals surface area contributed by atoms with Crippen LogP contribution in [-0.2, 0) is 15.8 Å². The molecule has 118 valence electrons. The predicted octanol–water partition coefficient (Wildman–Crippen LogP) is 2.45. The molecule has 0 heterocycles. The fourth-order valence-electron chi connectivity index (χ4n) is 2.59. The average molecular weight is 336 g/mol. The summed E-state index contributed by atoms with van der Waals surface area (Å²) in [6.07, 6.45) is 3.53. The molecule has 7 heteroatoms. The first-order valence-electron chi connectivity index (χ1n) is 6.88. The Morgan fingerprint density at radius 3 is 2.62 bits per heavy atom. The van der Waals surface area contributed by atoms with Gasteiger partial charge in [0.05, 0.1) is 10.8 Å². The summed E-state index contributed by atoms with van der Waals surface area (Å²) in [5.41, 5.74) is 0.334. The summed E-state index contributed by atoms with van der Waals surface area (Å²) >= 11 is 5.65. The van der Waals surface area contributed by atoms with Gasteiger partial charge in [0.2, 0.25) is 10.0 Å². The van der Waals surface area contributed by atoms with Gasteiger partial charge in [0.1, 0.15) is 5.82 Å². The standard InChI is InChI=1S/C14H19ClFNO3S/c15-12-8-11(2-3-13(12)16)9-21(19,20)17-10-14(6-7-18)4-1-5-14/h2-3,8,17-18H,1,4-7,9-10H2. The van der Waals surface area contributed by atoms with Crippen molar-refractivity contribution in [1.82, 2.24) is 4.72 Å². The molecule has 1 aromatic rings. The number of rotatable bonds is 7. The summed E-state index contributed by atoms with van der Waals surface area (Å²) in [5.74, 6) is -0.801. The van der Waals surface area contributed by atoms with E-state index in [1.807, 2.05) is 0 Å². The van der Waals surface area contributed by atoms with Gasteiger partial charge >= 0.3 is 0 Å². The van der Waals surface area contributed by atoms with Crippen LogP contribution in [0, 0.1) is 11.2 Å². The van der Waals surface area contributed by atoms with Crippen LogP contribution in [0.5, 0.6) is 0 Å². The maximum Gasteiger partial charge on any atom is 0.215 e. The molecule has 1 fully saturated rings. The van der Waals surface area contributed by atoms with Crippen LogP contribution in [0.15, 0.2) is 18.2 Å². The highest BCUT2D eigenvalue weighted by molar-refractivity contribution is 7.88. The third kappa shape index (κ3) is 4.39. The summed E-state index contributed by atoms with van der Waals surface area (Å²) in [7, 11) is -3.50. The van der Waals surface area contributed by atoms with Crippen molar-refractivity contribution in [3.8, 4) is 0 Å². The molecule has 1 aliphatic carbocycles. The van der Waals surface area contributed by atoms with Gasteiger partial charge in [0, 0.05) is 13.2 Å². The smallest absolute Gasteiger partial charge is 0.215 e. The molecule has 1 aliphatic rings. The van der Waals surface area contributed by atoms with E-state index in [1.54, 1.807) is 0 Å². The Kier molecular flexibility index (Phi) is 5.24. The second-order valence-electron chi connectivity index (χ2n) is 5.66. The Labute approximate surface area is 129 Å². The fraction of sp³-hybridized carbons (Fsp3) is 0.571. The molecule has 1 saturated carbocycles. The monoisotopic (exact) mass is 335 g/mol. The number of nitrogens with one attached hydrogen (secondary N) is 1. The molecule has 0 bridgehead atoms. The molecule has 0 spiro atoms. The zero-order valence-electron chi connectivity index (χ0n) is 11.6. The average Bonchev–Trinajstić information content (AvgIpc) is 2.37. The summed E-state index contributed by atoms with van der Waals surface area (Å²) < 4.78 is 39.8. The summed E-state index contributed by atoms with van der Waals surface area (Å²) in [6.45, 7) is 0.403. The van der Waals surface area contributed by atoms with Crippen LogP contribution < -0.4 is 4.72 Å². The van der Waals surface area contributed by atoms with Gasteiger partial charge < -0.3 is 5.11 Å². The molecule has 0 unspecified atom stereocenters. The first-order chi connectivity index (χ1) is 9.86. The Bertz CT molecular complexity index is 602. The molecule has 4 nitrogen and oxygen atoms in total. The predicted molar refractivity (Wildman–Crippen MR) is 80.0 cm³/mol. The minimum absolute atomic E-state index is 0.0648. The molecule has 0 saturated heterocycles. The molecule has 2 N–H and O–H groups in total. The topological polar surface area (TPSA) is 66.4 Å². The van der Waals surface area contributed by atoms with Crippen molar-refractivity contribution in [1.29, 1.82) is 0 Å². The molecular formula is C14H19ClFNO3S. The SMILES string of the molecule is O=S(=O)(Cc1ccc(F)c(Cl)c1)NCC1(CCO)CCC1. The first-order valence-corrected chi connectivity index (χ1v) is 8.91.